The maximum Gasteiger partial charge on any atom is 0.201 e. The van der Waals surface area contributed by atoms with E-state index in [1.165, 1.54) is 5.56 Å². The first-order valence-corrected chi connectivity index (χ1v) is 7.07. The summed E-state index contributed by atoms with van der Waals surface area (Å²) in [4.78, 5) is 4.36. The highest BCUT2D eigenvalue weighted by Gasteiger charge is 2.10. The minimum Gasteiger partial charge on any atom is -0.369 e. The number of nitrogens with two attached hydrogens (primary N) is 1. The summed E-state index contributed by atoms with van der Waals surface area (Å²) in [6, 6.07) is 16.1. The van der Waals surface area contributed by atoms with Crippen LogP contribution in [0.25, 0.3) is 11.0 Å². The molecule has 102 valence electrons. The SMILES string of the molecule is Nc1nc2cccc(Cl)c2n1CCCc1ccccc1. The van der Waals surface area contributed by atoms with Crippen molar-refractivity contribution in [1.82, 2.24) is 9.55 Å². The minimum absolute atomic E-state index is 0.529. The molecule has 1 heterocycles. The van der Waals surface area contributed by atoms with E-state index in [1.807, 2.05) is 28.8 Å². The van der Waals surface area contributed by atoms with Gasteiger partial charge in [0.15, 0.2) is 0 Å². The largest absolute Gasteiger partial charge is 0.369 e. The summed E-state index contributed by atoms with van der Waals surface area (Å²) in [7, 11) is 0. The molecule has 0 amide bonds. The van der Waals surface area contributed by atoms with E-state index in [0.717, 1.165) is 30.4 Å². The molecule has 2 N–H and O–H groups in total. The number of aromatic nitrogens is 2. The summed E-state index contributed by atoms with van der Waals surface area (Å²) in [5, 5.41) is 0.700. The van der Waals surface area contributed by atoms with Gasteiger partial charge in [-0.05, 0) is 30.5 Å². The number of hydrogen-bond donors (Lipinski definition) is 1. The molecule has 3 rings (SSSR count). The van der Waals surface area contributed by atoms with Crippen LogP contribution in [0.4, 0.5) is 5.95 Å². The summed E-state index contributed by atoms with van der Waals surface area (Å²) in [6.07, 6.45) is 2.02. The molecule has 3 aromatic rings. The second-order valence-corrected chi connectivity index (χ2v) is 5.23. The number of nitrogen functional groups attached to an aromatic ring is 1. The van der Waals surface area contributed by atoms with Gasteiger partial charge >= 0.3 is 0 Å². The molecule has 0 aliphatic heterocycles. The average Bonchev–Trinajstić information content (AvgIpc) is 2.78. The molecule has 0 fully saturated rings. The Labute approximate surface area is 123 Å². The van der Waals surface area contributed by atoms with Crippen LogP contribution in [-0.4, -0.2) is 9.55 Å². The molecule has 20 heavy (non-hydrogen) atoms. The van der Waals surface area contributed by atoms with Gasteiger partial charge in [-0.1, -0.05) is 48.0 Å². The molecular weight excluding hydrogens is 270 g/mol. The Morgan fingerprint density at radius 2 is 1.85 bits per heavy atom. The molecule has 0 radical (unpaired) electrons. The van der Waals surface area contributed by atoms with Crippen molar-refractivity contribution in [1.29, 1.82) is 0 Å². The zero-order valence-electron chi connectivity index (χ0n) is 11.1. The van der Waals surface area contributed by atoms with Crippen molar-refractivity contribution in [3.05, 3.63) is 59.1 Å². The first-order chi connectivity index (χ1) is 9.75. The molecule has 0 aliphatic carbocycles. The van der Waals surface area contributed by atoms with Gasteiger partial charge in [-0.15, -0.1) is 0 Å². The minimum atomic E-state index is 0.529. The van der Waals surface area contributed by atoms with Gasteiger partial charge in [-0.2, -0.15) is 0 Å². The third-order valence-corrected chi connectivity index (χ3v) is 3.74. The number of rotatable bonds is 4. The summed E-state index contributed by atoms with van der Waals surface area (Å²) in [5.41, 5.74) is 9.12. The van der Waals surface area contributed by atoms with E-state index in [1.54, 1.807) is 0 Å². The lowest BCUT2D eigenvalue weighted by Crippen LogP contribution is -2.04. The molecule has 4 heteroatoms. The molecule has 3 nitrogen and oxygen atoms in total. The van der Waals surface area contributed by atoms with E-state index in [4.69, 9.17) is 17.3 Å². The number of imidazole rings is 1. The van der Waals surface area contributed by atoms with Gasteiger partial charge < -0.3 is 10.3 Å². The Kier molecular flexibility index (Phi) is 3.61. The lowest BCUT2D eigenvalue weighted by atomic mass is 10.1. The number of halogens is 1. The van der Waals surface area contributed by atoms with Gasteiger partial charge in [0.25, 0.3) is 0 Å². The van der Waals surface area contributed by atoms with Gasteiger partial charge in [-0.25, -0.2) is 4.98 Å². The molecule has 1 aromatic heterocycles. The number of hydrogen-bond acceptors (Lipinski definition) is 2. The second-order valence-electron chi connectivity index (χ2n) is 4.82. The second kappa shape index (κ2) is 5.55. The highest BCUT2D eigenvalue weighted by Crippen LogP contribution is 2.26. The van der Waals surface area contributed by atoms with Crippen LogP contribution >= 0.6 is 11.6 Å². The smallest absolute Gasteiger partial charge is 0.201 e. The van der Waals surface area contributed by atoms with E-state index in [9.17, 15) is 0 Å². The third-order valence-electron chi connectivity index (χ3n) is 3.44. The standard InChI is InChI=1S/C16H16ClN3/c17-13-9-4-10-14-15(13)20(16(18)19-14)11-5-8-12-6-2-1-3-7-12/h1-4,6-7,9-10H,5,8,11H2,(H2,18,19). The van der Waals surface area contributed by atoms with E-state index in [-0.39, 0.29) is 0 Å². The van der Waals surface area contributed by atoms with Crippen LogP contribution in [0.15, 0.2) is 48.5 Å². The fourth-order valence-electron chi connectivity index (χ4n) is 2.47. The number of nitrogens with zero attached hydrogens (tertiary/aromatic N) is 2. The quantitative estimate of drug-likeness (QED) is 0.790. The van der Waals surface area contributed by atoms with E-state index < -0.39 is 0 Å². The van der Waals surface area contributed by atoms with Gasteiger partial charge in [-0.3, -0.25) is 0 Å². The summed E-state index contributed by atoms with van der Waals surface area (Å²) in [5.74, 6) is 0.529. The fraction of sp³-hybridized carbons (Fsp3) is 0.188. The van der Waals surface area contributed by atoms with Crippen molar-refractivity contribution >= 4 is 28.6 Å². The summed E-state index contributed by atoms with van der Waals surface area (Å²) >= 11 is 6.26. The highest BCUT2D eigenvalue weighted by atomic mass is 35.5. The Balaban J connectivity index is 1.79. The third kappa shape index (κ3) is 2.49. The molecule has 2 aromatic carbocycles. The van der Waals surface area contributed by atoms with Crippen LogP contribution in [-0.2, 0) is 13.0 Å². The summed E-state index contributed by atoms with van der Waals surface area (Å²) < 4.78 is 2.00. The number of anilines is 1. The summed E-state index contributed by atoms with van der Waals surface area (Å²) in [6.45, 7) is 0.820. The van der Waals surface area contributed by atoms with Crippen molar-refractivity contribution in [3.63, 3.8) is 0 Å². The maximum atomic E-state index is 6.26. The lowest BCUT2D eigenvalue weighted by molar-refractivity contribution is 0.665. The molecule has 0 saturated heterocycles. The van der Waals surface area contributed by atoms with Crippen LogP contribution < -0.4 is 5.73 Å². The molecule has 0 spiro atoms. The highest BCUT2D eigenvalue weighted by molar-refractivity contribution is 6.35. The fourth-order valence-corrected chi connectivity index (χ4v) is 2.74. The van der Waals surface area contributed by atoms with Crippen molar-refractivity contribution < 1.29 is 0 Å². The number of fused-ring (bicyclic) bond motifs is 1. The molecule has 0 aliphatic rings. The Hall–Kier alpha value is -2.00. The van der Waals surface area contributed by atoms with Gasteiger partial charge in [0.05, 0.1) is 16.1 Å². The lowest BCUT2D eigenvalue weighted by Gasteiger charge is -2.07. The predicted octanol–water partition coefficient (Wildman–Crippen LogP) is 3.90. The van der Waals surface area contributed by atoms with Crippen LogP contribution in [0.3, 0.4) is 0 Å². The van der Waals surface area contributed by atoms with Crippen LogP contribution in [0.5, 0.6) is 0 Å². The van der Waals surface area contributed by atoms with Gasteiger partial charge in [0, 0.05) is 6.54 Å². The van der Waals surface area contributed by atoms with Crippen LogP contribution in [0, 0.1) is 0 Å². The van der Waals surface area contributed by atoms with Crippen molar-refractivity contribution in [2.75, 3.05) is 5.73 Å². The molecule has 0 saturated carbocycles. The topological polar surface area (TPSA) is 43.8 Å². The number of aryl methyl sites for hydroxylation is 2. The van der Waals surface area contributed by atoms with Crippen molar-refractivity contribution in [2.24, 2.45) is 0 Å². The zero-order chi connectivity index (χ0) is 13.9. The molecule has 0 atom stereocenters. The Morgan fingerprint density at radius 1 is 1.05 bits per heavy atom. The van der Waals surface area contributed by atoms with Crippen LogP contribution in [0.1, 0.15) is 12.0 Å². The normalized spacial score (nSPS) is 11.1. The molecule has 0 bridgehead atoms. The van der Waals surface area contributed by atoms with Gasteiger partial charge in [0.1, 0.15) is 0 Å². The van der Waals surface area contributed by atoms with E-state index in [0.29, 0.717) is 11.0 Å². The molecular formula is C16H16ClN3. The monoisotopic (exact) mass is 285 g/mol. The van der Waals surface area contributed by atoms with Crippen LogP contribution in [0.2, 0.25) is 5.02 Å². The molecule has 0 unspecified atom stereocenters. The predicted molar refractivity (Wildman–Crippen MR) is 83.9 cm³/mol. The Morgan fingerprint density at radius 3 is 2.65 bits per heavy atom. The van der Waals surface area contributed by atoms with Crippen molar-refractivity contribution in [3.8, 4) is 0 Å². The average molecular weight is 286 g/mol. The van der Waals surface area contributed by atoms with E-state index in [2.05, 4.69) is 29.2 Å². The first-order valence-electron chi connectivity index (χ1n) is 6.70. The number of para-hydroxylation sites is 1. The van der Waals surface area contributed by atoms with E-state index >= 15 is 0 Å². The van der Waals surface area contributed by atoms with Crippen molar-refractivity contribution in [2.45, 2.75) is 19.4 Å². The zero-order valence-corrected chi connectivity index (χ0v) is 11.8. The first kappa shape index (κ1) is 13.0. The maximum absolute atomic E-state index is 6.26. The Bertz CT molecular complexity index is 719. The number of benzene rings is 2. The van der Waals surface area contributed by atoms with Gasteiger partial charge in [0.2, 0.25) is 5.95 Å².